The Balaban J connectivity index is 1.54. The Labute approximate surface area is 191 Å². The molecule has 1 aromatic heterocycles. The number of halogens is 3. The highest BCUT2D eigenvalue weighted by molar-refractivity contribution is 6.16. The molecule has 10 nitrogen and oxygen atoms in total. The SMILES string of the molecule is C=C(O/N=C/C=Nc1ccc(C(F)(F)F)cc1N)C(C)NC(=O)c1ncnc2c1CCC(=O)N2. The molecule has 4 N–H and O–H groups in total. The van der Waals surface area contributed by atoms with Gasteiger partial charge < -0.3 is 21.2 Å². The number of fused-ring (bicyclic) bond motifs is 1. The van der Waals surface area contributed by atoms with Crippen molar-refractivity contribution in [2.24, 2.45) is 10.1 Å². The van der Waals surface area contributed by atoms with E-state index in [9.17, 15) is 22.8 Å². The number of oxime groups is 1. The maximum atomic E-state index is 12.7. The first-order valence-corrected chi connectivity index (χ1v) is 9.89. The van der Waals surface area contributed by atoms with Gasteiger partial charge >= 0.3 is 6.18 Å². The maximum absolute atomic E-state index is 12.7. The zero-order chi connectivity index (χ0) is 24.9. The van der Waals surface area contributed by atoms with Crippen LogP contribution in [0.2, 0.25) is 0 Å². The number of carbonyl (C=O) groups excluding carboxylic acids is 2. The average molecular weight is 475 g/mol. The molecule has 0 aliphatic carbocycles. The van der Waals surface area contributed by atoms with Crippen LogP contribution in [0.5, 0.6) is 0 Å². The second-order valence-electron chi connectivity index (χ2n) is 7.15. The third-order valence-corrected chi connectivity index (χ3v) is 4.72. The fourth-order valence-electron chi connectivity index (χ4n) is 2.90. The Bertz CT molecular complexity index is 1180. The highest BCUT2D eigenvalue weighted by Gasteiger charge is 2.30. The van der Waals surface area contributed by atoms with Gasteiger partial charge in [-0.05, 0) is 31.5 Å². The highest BCUT2D eigenvalue weighted by Crippen LogP contribution is 2.33. The van der Waals surface area contributed by atoms with Crippen molar-refractivity contribution in [2.45, 2.75) is 32.0 Å². The number of alkyl halides is 3. The van der Waals surface area contributed by atoms with Crippen LogP contribution in [0.3, 0.4) is 0 Å². The molecule has 0 fully saturated rings. The van der Waals surface area contributed by atoms with Gasteiger partial charge in [0, 0.05) is 18.2 Å². The summed E-state index contributed by atoms with van der Waals surface area (Å²) in [6, 6.07) is 2.13. The molecule has 178 valence electrons. The predicted molar refractivity (Wildman–Crippen MR) is 119 cm³/mol. The Kier molecular flexibility index (Phi) is 7.24. The zero-order valence-corrected chi connectivity index (χ0v) is 17.9. The molecular weight excluding hydrogens is 455 g/mol. The number of nitrogens with two attached hydrogens (primary N) is 1. The first-order valence-electron chi connectivity index (χ1n) is 9.89. The summed E-state index contributed by atoms with van der Waals surface area (Å²) < 4.78 is 38.0. The van der Waals surface area contributed by atoms with Crippen molar-refractivity contribution < 1.29 is 27.6 Å². The second-order valence-corrected chi connectivity index (χ2v) is 7.15. The minimum absolute atomic E-state index is 0.100. The number of hydrogen-bond donors (Lipinski definition) is 3. The van der Waals surface area contributed by atoms with E-state index in [2.05, 4.69) is 37.3 Å². The molecule has 0 spiro atoms. The predicted octanol–water partition coefficient (Wildman–Crippen LogP) is 3.00. The van der Waals surface area contributed by atoms with Crippen molar-refractivity contribution in [2.75, 3.05) is 11.1 Å². The highest BCUT2D eigenvalue weighted by atomic mass is 19.4. The van der Waals surface area contributed by atoms with E-state index in [0.717, 1.165) is 24.4 Å². The Morgan fingerprint density at radius 3 is 2.79 bits per heavy atom. The smallest absolute Gasteiger partial charge is 0.397 e. The lowest BCUT2D eigenvalue weighted by atomic mass is 10.0. The topological polar surface area (TPSA) is 144 Å². The zero-order valence-electron chi connectivity index (χ0n) is 17.9. The van der Waals surface area contributed by atoms with E-state index in [1.54, 1.807) is 6.92 Å². The van der Waals surface area contributed by atoms with Crippen molar-refractivity contribution in [1.29, 1.82) is 0 Å². The van der Waals surface area contributed by atoms with E-state index in [1.165, 1.54) is 12.5 Å². The van der Waals surface area contributed by atoms with E-state index in [0.29, 0.717) is 17.8 Å². The molecule has 34 heavy (non-hydrogen) atoms. The van der Waals surface area contributed by atoms with Crippen LogP contribution < -0.4 is 16.4 Å². The van der Waals surface area contributed by atoms with Crippen molar-refractivity contribution in [1.82, 2.24) is 15.3 Å². The fraction of sp³-hybridized carbons (Fsp3) is 0.238. The van der Waals surface area contributed by atoms with Gasteiger partial charge in [-0.15, -0.1) is 0 Å². The summed E-state index contributed by atoms with van der Waals surface area (Å²) in [7, 11) is 0. The van der Waals surface area contributed by atoms with Gasteiger partial charge in [-0.25, -0.2) is 9.97 Å². The number of benzene rings is 1. The van der Waals surface area contributed by atoms with Crippen LogP contribution >= 0.6 is 0 Å². The molecule has 0 radical (unpaired) electrons. The summed E-state index contributed by atoms with van der Waals surface area (Å²) in [4.78, 5) is 41.1. The van der Waals surface area contributed by atoms with E-state index < -0.39 is 23.7 Å². The minimum atomic E-state index is -4.50. The molecule has 2 amide bonds. The second kappa shape index (κ2) is 10.1. The number of amides is 2. The summed E-state index contributed by atoms with van der Waals surface area (Å²) >= 11 is 0. The Morgan fingerprint density at radius 1 is 1.32 bits per heavy atom. The number of rotatable bonds is 7. The van der Waals surface area contributed by atoms with Crippen molar-refractivity contribution in [3.8, 4) is 0 Å². The van der Waals surface area contributed by atoms with E-state index in [-0.39, 0.29) is 35.2 Å². The minimum Gasteiger partial charge on any atom is -0.397 e. The number of anilines is 2. The van der Waals surface area contributed by atoms with Gasteiger partial charge in [0.15, 0.2) is 0 Å². The monoisotopic (exact) mass is 475 g/mol. The largest absolute Gasteiger partial charge is 0.416 e. The number of hydrogen-bond acceptors (Lipinski definition) is 8. The van der Waals surface area contributed by atoms with Gasteiger partial charge in [0.1, 0.15) is 23.6 Å². The molecule has 1 atom stereocenters. The quantitative estimate of drug-likeness (QED) is 0.243. The summed E-state index contributed by atoms with van der Waals surface area (Å²) in [5.41, 5.74) is 5.37. The number of nitrogens with one attached hydrogen (secondary N) is 2. The molecule has 2 heterocycles. The van der Waals surface area contributed by atoms with Crippen LogP contribution in [0.4, 0.5) is 30.4 Å². The summed E-state index contributed by atoms with van der Waals surface area (Å²) in [6.45, 7) is 5.30. The fourth-order valence-corrected chi connectivity index (χ4v) is 2.90. The third-order valence-electron chi connectivity index (χ3n) is 4.72. The van der Waals surface area contributed by atoms with Crippen LogP contribution in [0, 0.1) is 0 Å². The van der Waals surface area contributed by atoms with E-state index in [4.69, 9.17) is 10.6 Å². The Morgan fingerprint density at radius 2 is 2.09 bits per heavy atom. The molecule has 0 saturated carbocycles. The standard InChI is InChI=1S/C21H20F3N7O3/c1-11(30-20(33)18-14-4-6-17(32)31-19(14)28-10-27-18)12(2)34-29-8-7-26-16-5-3-13(9-15(16)25)21(22,23)24/h3,5,7-11H,2,4,6,25H2,1H3,(H,30,33)(H,27,28,31,32)/b26-7?,29-8+. The normalized spacial score (nSPS) is 14.5. The van der Waals surface area contributed by atoms with Crippen LogP contribution in [-0.4, -0.2) is 40.3 Å². The van der Waals surface area contributed by atoms with Crippen LogP contribution in [0.15, 0.2) is 47.0 Å². The maximum Gasteiger partial charge on any atom is 0.416 e. The van der Waals surface area contributed by atoms with Gasteiger partial charge in [0.2, 0.25) is 5.91 Å². The molecule has 13 heteroatoms. The third kappa shape index (κ3) is 5.94. The molecule has 1 aliphatic rings. The summed E-state index contributed by atoms with van der Waals surface area (Å²) in [5, 5.41) is 8.89. The molecule has 0 saturated heterocycles. The number of aliphatic imine (C=N–C) groups is 1. The van der Waals surface area contributed by atoms with Gasteiger partial charge in [-0.3, -0.25) is 14.6 Å². The summed E-state index contributed by atoms with van der Waals surface area (Å²) in [5.74, 6) is -0.287. The van der Waals surface area contributed by atoms with E-state index >= 15 is 0 Å². The molecular formula is C21H20F3N7O3. The molecule has 3 rings (SSSR count). The molecule has 1 aliphatic heterocycles. The number of nitrogens with zero attached hydrogens (tertiary/aromatic N) is 4. The number of aromatic nitrogens is 2. The van der Waals surface area contributed by atoms with Crippen molar-refractivity contribution >= 4 is 41.4 Å². The lowest BCUT2D eigenvalue weighted by Gasteiger charge is -2.19. The number of carbonyl (C=O) groups is 2. The van der Waals surface area contributed by atoms with Crippen LogP contribution in [-0.2, 0) is 22.2 Å². The van der Waals surface area contributed by atoms with Crippen LogP contribution in [0.1, 0.15) is 35.0 Å². The first-order chi connectivity index (χ1) is 16.1. The van der Waals surface area contributed by atoms with Gasteiger partial charge in [-0.2, -0.15) is 13.2 Å². The van der Waals surface area contributed by atoms with Crippen molar-refractivity contribution in [3.05, 3.63) is 53.7 Å². The lowest BCUT2D eigenvalue weighted by molar-refractivity contribution is -0.137. The Hall–Kier alpha value is -4.29. The molecule has 0 bridgehead atoms. The number of nitrogen functional groups attached to an aromatic ring is 1. The van der Waals surface area contributed by atoms with Crippen molar-refractivity contribution in [3.63, 3.8) is 0 Å². The first kappa shape index (κ1) is 24.4. The van der Waals surface area contributed by atoms with Crippen LogP contribution in [0.25, 0.3) is 0 Å². The molecule has 2 aromatic rings. The molecule has 1 aromatic carbocycles. The average Bonchev–Trinajstić information content (AvgIpc) is 2.78. The lowest BCUT2D eigenvalue weighted by Crippen LogP contribution is -2.36. The van der Waals surface area contributed by atoms with Gasteiger partial charge in [0.25, 0.3) is 5.91 Å². The molecule has 1 unspecified atom stereocenters. The summed E-state index contributed by atoms with van der Waals surface area (Å²) in [6.07, 6.45) is -0.440. The van der Waals surface area contributed by atoms with Gasteiger partial charge in [0.05, 0.1) is 29.2 Å². The van der Waals surface area contributed by atoms with Gasteiger partial charge in [-0.1, -0.05) is 11.7 Å². The van der Waals surface area contributed by atoms with E-state index in [1.807, 2.05) is 0 Å².